The van der Waals surface area contributed by atoms with Gasteiger partial charge in [0.15, 0.2) is 0 Å². The molecule has 1 aromatic carbocycles. The Kier molecular flexibility index (Phi) is 3.44. The highest BCUT2D eigenvalue weighted by molar-refractivity contribution is 5.91. The van der Waals surface area contributed by atoms with Crippen LogP contribution in [0.1, 0.15) is 21.5 Å². The number of hydrogen-bond acceptors (Lipinski definition) is 4. The first-order chi connectivity index (χ1) is 9.10. The van der Waals surface area contributed by atoms with Gasteiger partial charge in [-0.15, -0.1) is 0 Å². The third-order valence-corrected chi connectivity index (χ3v) is 2.45. The summed E-state index contributed by atoms with van der Waals surface area (Å²) in [5.41, 5.74) is 1.32. The second-order valence-corrected chi connectivity index (χ2v) is 3.90. The lowest BCUT2D eigenvalue weighted by atomic mass is 10.1. The molecule has 0 amide bonds. The summed E-state index contributed by atoms with van der Waals surface area (Å²) in [5, 5.41) is 17.9. The molecule has 2 aromatic rings. The molecule has 0 unspecified atom stereocenters. The van der Waals surface area contributed by atoms with E-state index in [0.29, 0.717) is 5.56 Å². The van der Waals surface area contributed by atoms with Crippen LogP contribution in [0.5, 0.6) is 11.6 Å². The van der Waals surface area contributed by atoms with E-state index in [1.54, 1.807) is 18.2 Å². The Balaban J connectivity index is 2.40. The van der Waals surface area contributed by atoms with Gasteiger partial charge in [0.05, 0.1) is 11.6 Å². The van der Waals surface area contributed by atoms with Crippen molar-refractivity contribution >= 4 is 5.97 Å². The van der Waals surface area contributed by atoms with Crippen molar-refractivity contribution in [2.45, 2.75) is 6.92 Å². The zero-order valence-electron chi connectivity index (χ0n) is 10.1. The molecule has 5 nitrogen and oxygen atoms in total. The third-order valence-electron chi connectivity index (χ3n) is 2.45. The van der Waals surface area contributed by atoms with Crippen LogP contribution in [0.3, 0.4) is 0 Å². The second kappa shape index (κ2) is 5.19. The minimum absolute atomic E-state index is 0.0507. The minimum atomic E-state index is -1.08. The summed E-state index contributed by atoms with van der Waals surface area (Å²) in [6.07, 6.45) is 1.43. The summed E-state index contributed by atoms with van der Waals surface area (Å²) in [6, 6.07) is 9.74. The lowest BCUT2D eigenvalue weighted by Crippen LogP contribution is -2.01. The number of aromatic carboxylic acids is 1. The quantitative estimate of drug-likeness (QED) is 0.910. The maximum absolute atomic E-state index is 11.1. The van der Waals surface area contributed by atoms with Crippen molar-refractivity contribution in [2.24, 2.45) is 0 Å². The molecule has 0 atom stereocenters. The normalized spacial score (nSPS) is 9.68. The number of nitrogens with zero attached hydrogens (tertiary/aromatic N) is 2. The van der Waals surface area contributed by atoms with Crippen LogP contribution >= 0.6 is 0 Å². The van der Waals surface area contributed by atoms with Crippen molar-refractivity contribution in [3.63, 3.8) is 0 Å². The summed E-state index contributed by atoms with van der Waals surface area (Å²) < 4.78 is 5.45. The molecule has 0 aliphatic rings. The molecule has 0 fully saturated rings. The average Bonchev–Trinajstić information content (AvgIpc) is 2.38. The Labute approximate surface area is 109 Å². The average molecular weight is 254 g/mol. The summed E-state index contributed by atoms with van der Waals surface area (Å²) >= 11 is 0. The highest BCUT2D eigenvalue weighted by Crippen LogP contribution is 2.25. The molecule has 1 N–H and O–H groups in total. The Morgan fingerprint density at radius 3 is 2.84 bits per heavy atom. The van der Waals surface area contributed by atoms with E-state index < -0.39 is 5.97 Å². The van der Waals surface area contributed by atoms with E-state index in [4.69, 9.17) is 15.1 Å². The summed E-state index contributed by atoms with van der Waals surface area (Å²) in [5.74, 6) is -0.686. The zero-order valence-corrected chi connectivity index (χ0v) is 10.1. The maximum atomic E-state index is 11.1. The Bertz CT molecular complexity index is 675. The smallest absolute Gasteiger partial charge is 0.339 e. The summed E-state index contributed by atoms with van der Waals surface area (Å²) in [6.45, 7) is 1.83. The van der Waals surface area contributed by atoms with E-state index in [1.165, 1.54) is 18.3 Å². The van der Waals surface area contributed by atoms with Crippen LogP contribution in [0.2, 0.25) is 0 Å². The maximum Gasteiger partial charge on any atom is 0.339 e. The van der Waals surface area contributed by atoms with Gasteiger partial charge in [-0.05, 0) is 30.7 Å². The summed E-state index contributed by atoms with van der Waals surface area (Å²) in [4.78, 5) is 15.0. The van der Waals surface area contributed by atoms with Gasteiger partial charge in [0.1, 0.15) is 11.3 Å². The number of aromatic nitrogens is 1. The largest absolute Gasteiger partial charge is 0.478 e. The number of benzene rings is 1. The second-order valence-electron chi connectivity index (χ2n) is 3.90. The monoisotopic (exact) mass is 254 g/mol. The minimum Gasteiger partial charge on any atom is -0.478 e. The van der Waals surface area contributed by atoms with Crippen molar-refractivity contribution in [1.29, 1.82) is 5.26 Å². The topological polar surface area (TPSA) is 83.2 Å². The number of carboxylic acid groups (broad SMARTS) is 1. The molecule has 0 radical (unpaired) electrons. The zero-order chi connectivity index (χ0) is 13.8. The van der Waals surface area contributed by atoms with Gasteiger partial charge < -0.3 is 9.84 Å². The van der Waals surface area contributed by atoms with Crippen LogP contribution in [-0.4, -0.2) is 16.1 Å². The van der Waals surface area contributed by atoms with Crippen LogP contribution in [0.15, 0.2) is 36.5 Å². The molecule has 1 aromatic heterocycles. The van der Waals surface area contributed by atoms with E-state index >= 15 is 0 Å². The first-order valence-corrected chi connectivity index (χ1v) is 5.48. The molecule has 0 aliphatic heterocycles. The molecular weight excluding hydrogens is 244 g/mol. The van der Waals surface area contributed by atoms with E-state index in [9.17, 15) is 4.79 Å². The molecule has 94 valence electrons. The van der Waals surface area contributed by atoms with E-state index in [2.05, 4.69) is 4.98 Å². The molecule has 0 saturated carbocycles. The lowest BCUT2D eigenvalue weighted by Gasteiger charge is -2.08. The molecule has 5 heteroatoms. The number of carbonyl (C=O) groups is 1. The van der Waals surface area contributed by atoms with Crippen molar-refractivity contribution in [3.8, 4) is 17.7 Å². The van der Waals surface area contributed by atoms with E-state index in [1.807, 2.05) is 13.0 Å². The summed E-state index contributed by atoms with van der Waals surface area (Å²) in [7, 11) is 0. The van der Waals surface area contributed by atoms with E-state index in [-0.39, 0.29) is 17.2 Å². The fourth-order valence-corrected chi connectivity index (χ4v) is 1.54. The highest BCUT2D eigenvalue weighted by atomic mass is 16.5. The van der Waals surface area contributed by atoms with Crippen molar-refractivity contribution < 1.29 is 14.6 Å². The Hall–Kier alpha value is -2.87. The highest BCUT2D eigenvalue weighted by Gasteiger charge is 2.12. The van der Waals surface area contributed by atoms with Gasteiger partial charge in [-0.3, -0.25) is 0 Å². The van der Waals surface area contributed by atoms with Gasteiger partial charge >= 0.3 is 5.97 Å². The number of hydrogen-bond donors (Lipinski definition) is 1. The van der Waals surface area contributed by atoms with Crippen LogP contribution < -0.4 is 4.74 Å². The molecule has 19 heavy (non-hydrogen) atoms. The molecule has 1 heterocycles. The van der Waals surface area contributed by atoms with E-state index in [0.717, 1.165) is 5.56 Å². The Morgan fingerprint density at radius 1 is 1.37 bits per heavy atom. The predicted molar refractivity (Wildman–Crippen MR) is 67.2 cm³/mol. The molecular formula is C14H10N2O3. The first kappa shape index (κ1) is 12.6. The number of pyridine rings is 1. The van der Waals surface area contributed by atoms with Crippen LogP contribution in [0, 0.1) is 18.3 Å². The van der Waals surface area contributed by atoms with Gasteiger partial charge in [0.25, 0.3) is 0 Å². The van der Waals surface area contributed by atoms with Gasteiger partial charge in [-0.1, -0.05) is 6.07 Å². The standard InChI is InChI=1S/C14H10N2O3/c1-9-2-3-11(14(17)18)12(6-9)19-13-7-10(8-15)4-5-16-13/h2-7H,1H3,(H,17,18). The third kappa shape index (κ3) is 2.87. The van der Waals surface area contributed by atoms with Gasteiger partial charge in [-0.25, -0.2) is 9.78 Å². The van der Waals surface area contributed by atoms with Crippen molar-refractivity contribution in [1.82, 2.24) is 4.98 Å². The van der Waals surface area contributed by atoms with Crippen molar-refractivity contribution in [2.75, 3.05) is 0 Å². The van der Waals surface area contributed by atoms with Crippen LogP contribution in [0.25, 0.3) is 0 Å². The molecule has 0 bridgehead atoms. The predicted octanol–water partition coefficient (Wildman–Crippen LogP) is 2.75. The fraction of sp³-hybridized carbons (Fsp3) is 0.0714. The number of aryl methyl sites for hydroxylation is 1. The number of carboxylic acids is 1. The fourth-order valence-electron chi connectivity index (χ4n) is 1.54. The van der Waals surface area contributed by atoms with Crippen molar-refractivity contribution in [3.05, 3.63) is 53.2 Å². The van der Waals surface area contributed by atoms with Crippen LogP contribution in [0.4, 0.5) is 0 Å². The molecule has 0 saturated heterocycles. The number of nitriles is 1. The first-order valence-electron chi connectivity index (χ1n) is 5.48. The van der Waals surface area contributed by atoms with Gasteiger partial charge in [-0.2, -0.15) is 5.26 Å². The van der Waals surface area contributed by atoms with Gasteiger partial charge in [0.2, 0.25) is 5.88 Å². The number of ether oxygens (including phenoxy) is 1. The lowest BCUT2D eigenvalue weighted by molar-refractivity contribution is 0.0694. The molecule has 2 rings (SSSR count). The molecule has 0 spiro atoms. The molecule has 0 aliphatic carbocycles. The Morgan fingerprint density at radius 2 is 2.16 bits per heavy atom. The SMILES string of the molecule is Cc1ccc(C(=O)O)c(Oc2cc(C#N)ccn2)c1. The van der Waals surface area contributed by atoms with Crippen LogP contribution in [-0.2, 0) is 0 Å². The number of rotatable bonds is 3. The van der Waals surface area contributed by atoms with Gasteiger partial charge in [0, 0.05) is 12.3 Å².